The van der Waals surface area contributed by atoms with Crippen LogP contribution in [0.15, 0.2) is 18.2 Å². The predicted octanol–water partition coefficient (Wildman–Crippen LogP) is 0.846. The van der Waals surface area contributed by atoms with Gasteiger partial charge in [-0.3, -0.25) is 0 Å². The van der Waals surface area contributed by atoms with Gasteiger partial charge in [-0.1, -0.05) is 17.6 Å². The number of nitrogens with one attached hydrogen (secondary N) is 1. The molecule has 1 nitrogen and oxygen atoms in total. The summed E-state index contributed by atoms with van der Waals surface area (Å²) in [7, 11) is 1.74. The first-order valence-electron chi connectivity index (χ1n) is 2.87. The third kappa shape index (κ3) is 1.42. The van der Waals surface area contributed by atoms with Crippen molar-refractivity contribution in [3.63, 3.8) is 0 Å². The lowest BCUT2D eigenvalue weighted by Crippen LogP contribution is -2.08. The Morgan fingerprint density at radius 3 is 2.70 bits per heavy atom. The molecule has 0 bridgehead atoms. The number of hydrogen-bond donors (Lipinski definition) is 1. The largest absolute Gasteiger partial charge is 0.326 e. The lowest BCUT2D eigenvalue weighted by Gasteiger charge is -2.01. The van der Waals surface area contributed by atoms with Crippen molar-refractivity contribution in [1.29, 1.82) is 0 Å². The second-order valence-electron chi connectivity index (χ2n) is 2.03. The Bertz CT molecular complexity index is 241. The molecule has 0 aliphatic carbocycles. The van der Waals surface area contributed by atoms with Crippen molar-refractivity contribution < 1.29 is 4.39 Å². The maximum absolute atomic E-state index is 12.9. The van der Waals surface area contributed by atoms with Crippen molar-refractivity contribution in [3.05, 3.63) is 24.0 Å². The molecule has 0 heterocycles. The van der Waals surface area contributed by atoms with E-state index in [1.807, 2.05) is 28.9 Å². The Labute approximate surface area is 73.9 Å². The molecule has 52 valence electrons. The molecule has 1 rings (SSSR count). The quantitative estimate of drug-likeness (QED) is 0.442. The van der Waals surface area contributed by atoms with E-state index in [0.717, 1.165) is 0 Å². The fourth-order valence-corrected chi connectivity index (χ4v) is 1.14. The van der Waals surface area contributed by atoms with Crippen molar-refractivity contribution in [2.24, 2.45) is 0 Å². The van der Waals surface area contributed by atoms with Crippen LogP contribution in [0.2, 0.25) is 0 Å². The lowest BCUT2D eigenvalue weighted by atomic mass is 9.95. The fraction of sp³-hybridized carbons (Fsp3) is 0. The number of anilines is 1. The van der Waals surface area contributed by atoms with Crippen LogP contribution >= 0.6 is 22.9 Å². The van der Waals surface area contributed by atoms with Gasteiger partial charge in [0.15, 0.2) is 0 Å². The van der Waals surface area contributed by atoms with Crippen LogP contribution in [-0.2, 0) is 0 Å². The zero-order valence-corrected chi connectivity index (χ0v) is 7.65. The van der Waals surface area contributed by atoms with E-state index in [9.17, 15) is 4.39 Å². The second kappa shape index (κ2) is 3.23. The third-order valence-corrected chi connectivity index (χ3v) is 1.87. The lowest BCUT2D eigenvalue weighted by molar-refractivity contribution is 0.641. The zero-order valence-electron chi connectivity index (χ0n) is 5.49. The van der Waals surface area contributed by atoms with Crippen molar-refractivity contribution >= 4 is 41.9 Å². The highest BCUT2D eigenvalue weighted by molar-refractivity contribution is 14.1. The summed E-state index contributed by atoms with van der Waals surface area (Å²) in [6.45, 7) is 0. The van der Waals surface area contributed by atoms with E-state index in [0.29, 0.717) is 11.2 Å². The normalized spacial score (nSPS) is 9.40. The van der Waals surface area contributed by atoms with Crippen LogP contribution in [0.4, 0.5) is 10.1 Å². The minimum absolute atomic E-state index is 0.170. The molecular formula is C6H6BFIN. The molecule has 0 amide bonds. The summed E-state index contributed by atoms with van der Waals surface area (Å²) >= 11 is 1.91. The van der Waals surface area contributed by atoms with Gasteiger partial charge < -0.3 is 3.53 Å². The van der Waals surface area contributed by atoms with Gasteiger partial charge >= 0.3 is 0 Å². The number of rotatable bonds is 1. The third-order valence-electron chi connectivity index (χ3n) is 1.29. The summed E-state index contributed by atoms with van der Waals surface area (Å²) in [5, 5.41) is 0. The minimum atomic E-state index is -0.170. The molecule has 0 atom stereocenters. The second-order valence-corrected chi connectivity index (χ2v) is 2.57. The molecule has 10 heavy (non-hydrogen) atoms. The van der Waals surface area contributed by atoms with Crippen molar-refractivity contribution in [3.8, 4) is 0 Å². The summed E-state index contributed by atoms with van der Waals surface area (Å²) in [5.41, 5.74) is 1.21. The first-order chi connectivity index (χ1) is 4.75. The van der Waals surface area contributed by atoms with Crippen molar-refractivity contribution in [2.45, 2.75) is 0 Å². The SMILES string of the molecule is Bc1cccc(NI)c1F. The van der Waals surface area contributed by atoms with Gasteiger partial charge in [0.2, 0.25) is 0 Å². The van der Waals surface area contributed by atoms with E-state index in [1.165, 1.54) is 0 Å². The molecule has 0 saturated carbocycles. The van der Waals surface area contributed by atoms with E-state index >= 15 is 0 Å². The standard InChI is InChI=1S/C6H6BFIN/c7-4-2-1-3-5(10-9)6(4)8/h1-3,10H,7H2. The molecule has 1 N–H and O–H groups in total. The molecule has 0 aliphatic heterocycles. The molecular weight excluding hydrogens is 243 g/mol. The average molecular weight is 249 g/mol. The monoisotopic (exact) mass is 249 g/mol. The van der Waals surface area contributed by atoms with Gasteiger partial charge in [-0.25, -0.2) is 4.39 Å². The molecule has 0 aliphatic rings. The number of benzene rings is 1. The molecule has 0 fully saturated rings. The molecule has 0 aromatic heterocycles. The Hall–Kier alpha value is -0.255. The van der Waals surface area contributed by atoms with Crippen molar-refractivity contribution in [2.75, 3.05) is 3.53 Å². The van der Waals surface area contributed by atoms with E-state index in [1.54, 1.807) is 20.0 Å². The fourth-order valence-electron chi connectivity index (χ4n) is 0.720. The summed E-state index contributed by atoms with van der Waals surface area (Å²) in [4.78, 5) is 0. The maximum atomic E-state index is 12.9. The highest BCUT2D eigenvalue weighted by Gasteiger charge is 2.00. The minimum Gasteiger partial charge on any atom is -0.326 e. The van der Waals surface area contributed by atoms with E-state index in [2.05, 4.69) is 3.53 Å². The van der Waals surface area contributed by atoms with Gasteiger partial charge in [-0.15, -0.1) is 0 Å². The summed E-state index contributed by atoms with van der Waals surface area (Å²) in [5.74, 6) is -0.170. The smallest absolute Gasteiger partial charge is 0.143 e. The highest BCUT2D eigenvalue weighted by Crippen LogP contribution is 2.11. The van der Waals surface area contributed by atoms with Gasteiger partial charge in [-0.05, 0) is 6.07 Å². The van der Waals surface area contributed by atoms with Gasteiger partial charge in [0.05, 0.1) is 28.6 Å². The molecule has 4 heteroatoms. The van der Waals surface area contributed by atoms with E-state index < -0.39 is 0 Å². The maximum Gasteiger partial charge on any atom is 0.143 e. The number of hydrogen-bond acceptors (Lipinski definition) is 1. The molecule has 0 spiro atoms. The van der Waals surface area contributed by atoms with Crippen LogP contribution < -0.4 is 8.99 Å². The molecule has 1 aromatic carbocycles. The first-order valence-corrected chi connectivity index (χ1v) is 3.95. The van der Waals surface area contributed by atoms with Crippen LogP contribution in [0.3, 0.4) is 0 Å². The molecule has 0 radical (unpaired) electrons. The molecule has 0 unspecified atom stereocenters. The van der Waals surface area contributed by atoms with Gasteiger partial charge in [0, 0.05) is 0 Å². The summed E-state index contributed by atoms with van der Waals surface area (Å²) in [6, 6.07) is 5.26. The van der Waals surface area contributed by atoms with Crippen LogP contribution in [0.5, 0.6) is 0 Å². The van der Waals surface area contributed by atoms with E-state index in [-0.39, 0.29) is 5.82 Å². The Balaban J connectivity index is 3.14. The first kappa shape index (κ1) is 7.85. The number of halogens is 2. The average Bonchev–Trinajstić information content (AvgIpc) is 1.95. The highest BCUT2D eigenvalue weighted by atomic mass is 127. The van der Waals surface area contributed by atoms with Crippen LogP contribution in [0.25, 0.3) is 0 Å². The predicted molar refractivity (Wildman–Crippen MR) is 52.2 cm³/mol. The van der Waals surface area contributed by atoms with Gasteiger partial charge in [0.1, 0.15) is 13.7 Å². The van der Waals surface area contributed by atoms with Crippen LogP contribution in [0, 0.1) is 5.82 Å². The van der Waals surface area contributed by atoms with Crippen LogP contribution in [-0.4, -0.2) is 7.85 Å². The molecule has 0 saturated heterocycles. The zero-order chi connectivity index (χ0) is 7.56. The van der Waals surface area contributed by atoms with Crippen LogP contribution in [0.1, 0.15) is 0 Å². The van der Waals surface area contributed by atoms with Gasteiger partial charge in [0.25, 0.3) is 0 Å². The van der Waals surface area contributed by atoms with E-state index in [4.69, 9.17) is 0 Å². The van der Waals surface area contributed by atoms with Gasteiger partial charge in [-0.2, -0.15) is 0 Å². The summed E-state index contributed by atoms with van der Waals surface area (Å²) in [6.07, 6.45) is 0. The summed E-state index contributed by atoms with van der Waals surface area (Å²) < 4.78 is 15.7. The van der Waals surface area contributed by atoms with Crippen molar-refractivity contribution in [1.82, 2.24) is 0 Å². The Morgan fingerprint density at radius 1 is 1.50 bits per heavy atom. The molecule has 1 aromatic rings. The topological polar surface area (TPSA) is 12.0 Å². The Morgan fingerprint density at radius 2 is 2.20 bits per heavy atom. The Kier molecular flexibility index (Phi) is 2.53.